The molecule has 0 N–H and O–H groups in total. The zero-order valence-corrected chi connectivity index (χ0v) is 9.95. The van der Waals surface area contributed by atoms with E-state index >= 15 is 0 Å². The van der Waals surface area contributed by atoms with Crippen LogP contribution in [0.5, 0.6) is 0 Å². The van der Waals surface area contributed by atoms with Crippen LogP contribution < -0.4 is 0 Å². The highest BCUT2D eigenvalue weighted by Gasteiger charge is 2.41. The van der Waals surface area contributed by atoms with E-state index in [1.54, 1.807) is 0 Å². The molecule has 0 radical (unpaired) electrons. The first-order chi connectivity index (χ1) is 6.08. The Kier molecular flexibility index (Phi) is 3.43. The van der Waals surface area contributed by atoms with Crippen molar-refractivity contribution in [2.45, 2.75) is 72.6 Å². The quantitative estimate of drug-likeness (QED) is 0.589. The third-order valence-corrected chi connectivity index (χ3v) is 4.97. The zero-order chi connectivity index (χ0) is 9.95. The molecule has 0 spiro atoms. The molecule has 0 aromatic carbocycles. The predicted molar refractivity (Wildman–Crippen MR) is 59.9 cm³/mol. The van der Waals surface area contributed by atoms with Crippen molar-refractivity contribution in [1.29, 1.82) is 0 Å². The lowest BCUT2D eigenvalue weighted by Gasteiger charge is -2.48. The molecule has 1 saturated carbocycles. The molecule has 1 aliphatic carbocycles. The molecule has 0 bridgehead atoms. The predicted octanol–water partition coefficient (Wildman–Crippen LogP) is 4.78. The molecule has 0 heterocycles. The van der Waals surface area contributed by atoms with Gasteiger partial charge in [-0.05, 0) is 23.7 Å². The van der Waals surface area contributed by atoms with Gasteiger partial charge in [0.05, 0.1) is 0 Å². The molecular weight excluding hydrogens is 156 g/mol. The van der Waals surface area contributed by atoms with Gasteiger partial charge in [-0.1, -0.05) is 59.8 Å². The van der Waals surface area contributed by atoms with Crippen LogP contribution in [0.2, 0.25) is 0 Å². The van der Waals surface area contributed by atoms with Crippen molar-refractivity contribution >= 4 is 0 Å². The normalized spacial score (nSPS) is 23.1. The van der Waals surface area contributed by atoms with E-state index in [0.29, 0.717) is 10.8 Å². The Morgan fingerprint density at radius 3 is 1.85 bits per heavy atom. The van der Waals surface area contributed by atoms with E-state index < -0.39 is 0 Å². The fraction of sp³-hybridized carbons (Fsp3) is 1.00. The summed E-state index contributed by atoms with van der Waals surface area (Å²) in [5.41, 5.74) is 1.22. The summed E-state index contributed by atoms with van der Waals surface area (Å²) in [4.78, 5) is 0. The summed E-state index contributed by atoms with van der Waals surface area (Å²) in [5.74, 6) is 0. The summed E-state index contributed by atoms with van der Waals surface area (Å²) in [6.45, 7) is 9.75. The molecule has 0 aliphatic heterocycles. The molecule has 0 aromatic heterocycles. The van der Waals surface area contributed by atoms with E-state index in [0.717, 1.165) is 0 Å². The standard InChI is InChI=1S/C13H26/c1-5-12(3,6-2)13(4)10-8-7-9-11-13/h5-11H2,1-4H3. The number of rotatable bonds is 3. The topological polar surface area (TPSA) is 0 Å². The second kappa shape index (κ2) is 4.02. The summed E-state index contributed by atoms with van der Waals surface area (Å²) >= 11 is 0. The maximum absolute atomic E-state index is 2.53. The Balaban J connectivity index is 2.74. The van der Waals surface area contributed by atoms with Crippen molar-refractivity contribution in [3.05, 3.63) is 0 Å². The molecule has 0 aromatic rings. The first-order valence-electron chi connectivity index (χ1n) is 6.08. The van der Waals surface area contributed by atoms with Gasteiger partial charge in [-0.25, -0.2) is 0 Å². The molecule has 0 atom stereocenters. The minimum atomic E-state index is 0.591. The molecule has 0 saturated heterocycles. The third kappa shape index (κ3) is 1.92. The van der Waals surface area contributed by atoms with Gasteiger partial charge in [0.2, 0.25) is 0 Å². The Bertz CT molecular complexity index is 147. The van der Waals surface area contributed by atoms with Crippen LogP contribution in [0.15, 0.2) is 0 Å². The van der Waals surface area contributed by atoms with E-state index in [9.17, 15) is 0 Å². The largest absolute Gasteiger partial charge is 0.0648 e. The number of hydrogen-bond acceptors (Lipinski definition) is 0. The van der Waals surface area contributed by atoms with Crippen molar-refractivity contribution in [1.82, 2.24) is 0 Å². The molecule has 0 heteroatoms. The first-order valence-corrected chi connectivity index (χ1v) is 6.08. The maximum Gasteiger partial charge on any atom is -0.0272 e. The van der Waals surface area contributed by atoms with Gasteiger partial charge in [-0.2, -0.15) is 0 Å². The van der Waals surface area contributed by atoms with Gasteiger partial charge in [0.25, 0.3) is 0 Å². The molecule has 0 unspecified atom stereocenters. The van der Waals surface area contributed by atoms with E-state index in [4.69, 9.17) is 0 Å². The lowest BCUT2D eigenvalue weighted by molar-refractivity contribution is 0.0206. The molecule has 1 rings (SSSR count). The monoisotopic (exact) mass is 182 g/mol. The average molecular weight is 182 g/mol. The van der Waals surface area contributed by atoms with Crippen LogP contribution in [0.1, 0.15) is 72.6 Å². The highest BCUT2D eigenvalue weighted by Crippen LogP contribution is 2.52. The second-order valence-corrected chi connectivity index (χ2v) is 5.39. The van der Waals surface area contributed by atoms with Crippen molar-refractivity contribution in [3.8, 4) is 0 Å². The van der Waals surface area contributed by atoms with Gasteiger partial charge < -0.3 is 0 Å². The summed E-state index contributed by atoms with van der Waals surface area (Å²) < 4.78 is 0. The molecular formula is C13H26. The SMILES string of the molecule is CCC(C)(CC)C1(C)CCCCC1. The van der Waals surface area contributed by atoms with Gasteiger partial charge in [0, 0.05) is 0 Å². The third-order valence-electron chi connectivity index (χ3n) is 4.97. The first kappa shape index (κ1) is 11.1. The number of hydrogen-bond donors (Lipinski definition) is 0. The Morgan fingerprint density at radius 2 is 1.46 bits per heavy atom. The fourth-order valence-corrected chi connectivity index (χ4v) is 3.04. The summed E-state index contributed by atoms with van der Waals surface area (Å²) in [7, 11) is 0. The molecule has 0 amide bonds. The summed E-state index contributed by atoms with van der Waals surface area (Å²) in [6, 6.07) is 0. The Morgan fingerprint density at radius 1 is 1.00 bits per heavy atom. The van der Waals surface area contributed by atoms with Crippen LogP contribution >= 0.6 is 0 Å². The summed E-state index contributed by atoms with van der Waals surface area (Å²) in [6.07, 6.45) is 10.0. The minimum Gasteiger partial charge on any atom is -0.0648 e. The van der Waals surface area contributed by atoms with Gasteiger partial charge in [0.15, 0.2) is 0 Å². The maximum atomic E-state index is 2.53. The minimum absolute atomic E-state index is 0.591. The van der Waals surface area contributed by atoms with Crippen LogP contribution in [0, 0.1) is 10.8 Å². The molecule has 0 nitrogen and oxygen atoms in total. The zero-order valence-electron chi connectivity index (χ0n) is 9.95. The van der Waals surface area contributed by atoms with Crippen molar-refractivity contribution in [2.24, 2.45) is 10.8 Å². The second-order valence-electron chi connectivity index (χ2n) is 5.39. The Hall–Kier alpha value is 0. The molecule has 1 fully saturated rings. The molecule has 1 aliphatic rings. The van der Waals surface area contributed by atoms with Gasteiger partial charge >= 0.3 is 0 Å². The highest BCUT2D eigenvalue weighted by molar-refractivity contribution is 4.92. The highest BCUT2D eigenvalue weighted by atomic mass is 14.5. The van der Waals surface area contributed by atoms with Crippen molar-refractivity contribution in [3.63, 3.8) is 0 Å². The van der Waals surface area contributed by atoms with Crippen LogP contribution in [0.4, 0.5) is 0 Å². The fourth-order valence-electron chi connectivity index (χ4n) is 3.04. The van der Waals surface area contributed by atoms with E-state index in [-0.39, 0.29) is 0 Å². The average Bonchev–Trinajstić information content (AvgIpc) is 2.17. The van der Waals surface area contributed by atoms with Gasteiger partial charge in [-0.3, -0.25) is 0 Å². The van der Waals surface area contributed by atoms with Gasteiger partial charge in [-0.15, -0.1) is 0 Å². The van der Waals surface area contributed by atoms with E-state index in [2.05, 4.69) is 27.7 Å². The van der Waals surface area contributed by atoms with Crippen LogP contribution in [0.25, 0.3) is 0 Å². The lowest BCUT2D eigenvalue weighted by atomic mass is 9.57. The van der Waals surface area contributed by atoms with Crippen LogP contribution in [-0.2, 0) is 0 Å². The van der Waals surface area contributed by atoms with Crippen molar-refractivity contribution < 1.29 is 0 Å². The molecule has 13 heavy (non-hydrogen) atoms. The lowest BCUT2D eigenvalue weighted by Crippen LogP contribution is -2.38. The van der Waals surface area contributed by atoms with E-state index in [1.165, 1.54) is 44.9 Å². The van der Waals surface area contributed by atoms with Crippen LogP contribution in [0.3, 0.4) is 0 Å². The van der Waals surface area contributed by atoms with Crippen molar-refractivity contribution in [2.75, 3.05) is 0 Å². The summed E-state index contributed by atoms with van der Waals surface area (Å²) in [5, 5.41) is 0. The van der Waals surface area contributed by atoms with E-state index in [1.807, 2.05) is 0 Å². The van der Waals surface area contributed by atoms with Crippen LogP contribution in [-0.4, -0.2) is 0 Å². The van der Waals surface area contributed by atoms with Gasteiger partial charge in [0.1, 0.15) is 0 Å². The Labute approximate surface area is 84.1 Å². The smallest absolute Gasteiger partial charge is 0.0272 e. The molecule has 78 valence electrons.